The van der Waals surface area contributed by atoms with E-state index in [1.807, 2.05) is 37.3 Å². The molecule has 1 aliphatic heterocycles. The summed E-state index contributed by atoms with van der Waals surface area (Å²) in [5.41, 5.74) is 0.580. The molecule has 182 valence electrons. The molecule has 1 saturated heterocycles. The second kappa shape index (κ2) is 10.4. The van der Waals surface area contributed by atoms with Crippen LogP contribution in [0.2, 0.25) is 0 Å². The van der Waals surface area contributed by atoms with Gasteiger partial charge in [0, 0.05) is 49.4 Å². The molecule has 2 heterocycles. The highest BCUT2D eigenvalue weighted by molar-refractivity contribution is 5.99. The Hall–Kier alpha value is -4.12. The fourth-order valence-corrected chi connectivity index (χ4v) is 3.93. The molecule has 0 bridgehead atoms. The van der Waals surface area contributed by atoms with E-state index >= 15 is 0 Å². The molecular formula is C24H25N5O6. The number of carbonyl (C=O) groups is 2. The van der Waals surface area contributed by atoms with Crippen molar-refractivity contribution in [2.24, 2.45) is 0 Å². The van der Waals surface area contributed by atoms with Gasteiger partial charge in [0.05, 0.1) is 23.1 Å². The number of non-ortho nitro benzene ring substituents is 1. The summed E-state index contributed by atoms with van der Waals surface area (Å²) in [6.45, 7) is 5.63. The maximum absolute atomic E-state index is 13.1. The van der Waals surface area contributed by atoms with Crippen LogP contribution in [0.5, 0.6) is 0 Å². The average molecular weight is 479 g/mol. The largest absolute Gasteiger partial charge is 0.462 e. The number of nitrogens with zero attached hydrogens (tertiary/aromatic N) is 5. The van der Waals surface area contributed by atoms with Crippen LogP contribution in [0.3, 0.4) is 0 Å². The third-order valence-corrected chi connectivity index (χ3v) is 5.87. The molecule has 1 aromatic heterocycles. The van der Waals surface area contributed by atoms with Gasteiger partial charge in [-0.2, -0.15) is 4.98 Å². The lowest BCUT2D eigenvalue weighted by Crippen LogP contribution is -2.49. The van der Waals surface area contributed by atoms with Crippen LogP contribution in [0, 0.1) is 10.1 Å². The minimum Gasteiger partial charge on any atom is -0.462 e. The van der Waals surface area contributed by atoms with Crippen molar-refractivity contribution in [2.75, 3.05) is 32.8 Å². The maximum atomic E-state index is 13.1. The maximum Gasteiger partial charge on any atom is 0.338 e. The van der Waals surface area contributed by atoms with Gasteiger partial charge in [0.1, 0.15) is 0 Å². The SMILES string of the molecule is CCOC(=O)c1cc(C(=O)N2CCN(C(C)c3nc(-c4ccccc4)no3)CC2)cc([N+](=O)[O-])c1. The van der Waals surface area contributed by atoms with Crippen molar-refractivity contribution in [3.8, 4) is 11.4 Å². The van der Waals surface area contributed by atoms with Crippen molar-refractivity contribution >= 4 is 17.6 Å². The topological polar surface area (TPSA) is 132 Å². The number of piperazine rings is 1. The van der Waals surface area contributed by atoms with Gasteiger partial charge in [0.15, 0.2) is 0 Å². The molecule has 35 heavy (non-hydrogen) atoms. The Bertz CT molecular complexity index is 1220. The first kappa shape index (κ1) is 24.0. The first-order chi connectivity index (χ1) is 16.9. The minimum atomic E-state index is -0.710. The third kappa shape index (κ3) is 5.35. The second-order valence-electron chi connectivity index (χ2n) is 8.07. The third-order valence-electron chi connectivity index (χ3n) is 5.87. The number of hydrogen-bond acceptors (Lipinski definition) is 9. The van der Waals surface area contributed by atoms with E-state index in [9.17, 15) is 19.7 Å². The molecule has 0 radical (unpaired) electrons. The summed E-state index contributed by atoms with van der Waals surface area (Å²) < 4.78 is 10.4. The first-order valence-corrected chi connectivity index (χ1v) is 11.3. The van der Waals surface area contributed by atoms with Gasteiger partial charge in [-0.3, -0.25) is 19.8 Å². The Labute approximate surface area is 201 Å². The number of ether oxygens (including phenoxy) is 1. The number of carbonyl (C=O) groups excluding carboxylic acids is 2. The van der Waals surface area contributed by atoms with Crippen molar-refractivity contribution in [3.05, 3.63) is 75.7 Å². The van der Waals surface area contributed by atoms with Gasteiger partial charge in [0.25, 0.3) is 11.6 Å². The number of esters is 1. The summed E-state index contributed by atoms with van der Waals surface area (Å²) in [7, 11) is 0. The van der Waals surface area contributed by atoms with E-state index < -0.39 is 10.9 Å². The molecule has 4 rings (SSSR count). The normalized spacial score (nSPS) is 15.0. The highest BCUT2D eigenvalue weighted by atomic mass is 16.6. The van der Waals surface area contributed by atoms with Gasteiger partial charge in [-0.25, -0.2) is 4.79 Å². The van der Waals surface area contributed by atoms with Gasteiger partial charge in [0.2, 0.25) is 11.7 Å². The van der Waals surface area contributed by atoms with Crippen LogP contribution in [0.1, 0.15) is 46.5 Å². The number of amides is 1. The summed E-state index contributed by atoms with van der Waals surface area (Å²) in [6, 6.07) is 13.0. The molecule has 0 spiro atoms. The van der Waals surface area contributed by atoms with Crippen LogP contribution >= 0.6 is 0 Å². The summed E-state index contributed by atoms with van der Waals surface area (Å²) in [4.78, 5) is 44.2. The number of aromatic nitrogens is 2. The van der Waals surface area contributed by atoms with E-state index in [4.69, 9.17) is 9.26 Å². The monoisotopic (exact) mass is 479 g/mol. The number of nitro groups is 1. The summed E-state index contributed by atoms with van der Waals surface area (Å²) in [6.07, 6.45) is 0. The van der Waals surface area contributed by atoms with Gasteiger partial charge >= 0.3 is 5.97 Å². The van der Waals surface area contributed by atoms with Crippen LogP contribution in [-0.4, -0.2) is 69.5 Å². The predicted octanol–water partition coefficient (Wildman–Crippen LogP) is 3.34. The zero-order chi connectivity index (χ0) is 24.9. The van der Waals surface area contributed by atoms with Crippen LogP contribution in [-0.2, 0) is 4.74 Å². The van der Waals surface area contributed by atoms with Crippen molar-refractivity contribution in [1.82, 2.24) is 19.9 Å². The average Bonchev–Trinajstić information content (AvgIpc) is 3.39. The first-order valence-electron chi connectivity index (χ1n) is 11.3. The van der Waals surface area contributed by atoms with Crippen LogP contribution in [0.4, 0.5) is 5.69 Å². The molecule has 1 atom stereocenters. The summed E-state index contributed by atoms with van der Waals surface area (Å²) in [5.74, 6) is -0.0836. The zero-order valence-corrected chi connectivity index (χ0v) is 19.4. The molecule has 1 amide bonds. The van der Waals surface area contributed by atoms with Crippen molar-refractivity contribution in [1.29, 1.82) is 0 Å². The van der Waals surface area contributed by atoms with Crippen molar-refractivity contribution in [3.63, 3.8) is 0 Å². The number of nitro benzene ring substituents is 1. The number of hydrogen-bond donors (Lipinski definition) is 0. The van der Waals surface area contributed by atoms with E-state index in [1.54, 1.807) is 11.8 Å². The Morgan fingerprint density at radius 3 is 2.46 bits per heavy atom. The van der Waals surface area contributed by atoms with Crippen molar-refractivity contribution in [2.45, 2.75) is 19.9 Å². The molecule has 0 N–H and O–H groups in total. The Balaban J connectivity index is 1.43. The van der Waals surface area contributed by atoms with E-state index in [2.05, 4.69) is 15.0 Å². The van der Waals surface area contributed by atoms with Gasteiger partial charge < -0.3 is 14.2 Å². The van der Waals surface area contributed by atoms with E-state index in [0.29, 0.717) is 37.9 Å². The van der Waals surface area contributed by atoms with E-state index in [1.165, 1.54) is 12.1 Å². The molecule has 2 aromatic carbocycles. The Morgan fingerprint density at radius 2 is 1.80 bits per heavy atom. The molecule has 1 aliphatic rings. The summed E-state index contributed by atoms with van der Waals surface area (Å²) >= 11 is 0. The second-order valence-corrected chi connectivity index (χ2v) is 8.07. The van der Waals surface area contributed by atoms with Gasteiger partial charge in [-0.1, -0.05) is 35.5 Å². The highest BCUT2D eigenvalue weighted by Crippen LogP contribution is 2.25. The van der Waals surface area contributed by atoms with Crippen LogP contribution < -0.4 is 0 Å². The van der Waals surface area contributed by atoms with Crippen LogP contribution in [0.15, 0.2) is 53.1 Å². The lowest BCUT2D eigenvalue weighted by atomic mass is 10.1. The molecule has 0 aliphatic carbocycles. The van der Waals surface area contributed by atoms with Crippen LogP contribution in [0.25, 0.3) is 11.4 Å². The fourth-order valence-electron chi connectivity index (χ4n) is 3.93. The standard InChI is InChI=1S/C24H25N5O6/c1-3-34-24(31)19-13-18(14-20(15-19)29(32)33)23(30)28-11-9-27(10-12-28)16(2)22-25-21(26-35-22)17-7-5-4-6-8-17/h4-8,13-16H,3,9-12H2,1-2H3. The fraction of sp³-hybridized carbons (Fsp3) is 0.333. The van der Waals surface area contributed by atoms with E-state index in [-0.39, 0.29) is 35.4 Å². The smallest absolute Gasteiger partial charge is 0.338 e. The quantitative estimate of drug-likeness (QED) is 0.284. The van der Waals surface area contributed by atoms with Gasteiger partial charge in [-0.05, 0) is 19.9 Å². The number of benzene rings is 2. The molecular weight excluding hydrogens is 454 g/mol. The Kier molecular flexibility index (Phi) is 7.16. The predicted molar refractivity (Wildman–Crippen MR) is 125 cm³/mol. The lowest BCUT2D eigenvalue weighted by molar-refractivity contribution is -0.384. The zero-order valence-electron chi connectivity index (χ0n) is 19.4. The molecule has 11 nitrogen and oxygen atoms in total. The lowest BCUT2D eigenvalue weighted by Gasteiger charge is -2.36. The van der Waals surface area contributed by atoms with E-state index in [0.717, 1.165) is 11.6 Å². The molecule has 1 unspecified atom stereocenters. The Morgan fingerprint density at radius 1 is 1.11 bits per heavy atom. The molecule has 1 fully saturated rings. The summed E-state index contributed by atoms with van der Waals surface area (Å²) in [5, 5.41) is 15.4. The van der Waals surface area contributed by atoms with Gasteiger partial charge in [-0.15, -0.1) is 0 Å². The highest BCUT2D eigenvalue weighted by Gasteiger charge is 2.29. The molecule has 0 saturated carbocycles. The molecule has 11 heteroatoms. The minimum absolute atomic E-state index is 0.0257. The molecule has 3 aromatic rings. The van der Waals surface area contributed by atoms with Crippen molar-refractivity contribution < 1.29 is 23.8 Å². The number of rotatable bonds is 7.